The summed E-state index contributed by atoms with van der Waals surface area (Å²) < 4.78 is 18.8. The van der Waals surface area contributed by atoms with Crippen molar-refractivity contribution in [3.8, 4) is 11.6 Å². The normalized spacial score (nSPS) is 14.5. The number of hydrogen-bond donors (Lipinski definition) is 1. The summed E-state index contributed by atoms with van der Waals surface area (Å²) in [4.78, 5) is 17.6. The fourth-order valence-electron chi connectivity index (χ4n) is 3.44. The maximum absolute atomic E-state index is 13.1. The molecule has 0 unspecified atom stereocenters. The molecule has 0 amide bonds. The smallest absolute Gasteiger partial charge is 0.219 e. The van der Waals surface area contributed by atoms with E-state index in [0.717, 1.165) is 43.5 Å². The average Bonchev–Trinajstić information content (AvgIpc) is 2.82. The van der Waals surface area contributed by atoms with E-state index in [4.69, 9.17) is 4.74 Å². The maximum atomic E-state index is 13.1. The number of nitrogens with zero attached hydrogens (tertiary/aromatic N) is 5. The monoisotopic (exact) mass is 420 g/mol. The Morgan fingerprint density at radius 1 is 1.03 bits per heavy atom. The van der Waals surface area contributed by atoms with Gasteiger partial charge in [0.1, 0.15) is 17.4 Å². The second-order valence-corrected chi connectivity index (χ2v) is 7.12. The van der Waals surface area contributed by atoms with Crippen LogP contribution in [0.4, 0.5) is 10.2 Å². The topological polar surface area (TPSA) is 65.9 Å². The van der Waals surface area contributed by atoms with Crippen molar-refractivity contribution in [2.75, 3.05) is 38.1 Å². The zero-order valence-electron chi connectivity index (χ0n) is 17.4. The van der Waals surface area contributed by atoms with Crippen molar-refractivity contribution in [2.24, 2.45) is 4.99 Å². The first-order valence-corrected chi connectivity index (χ1v) is 10.2. The van der Waals surface area contributed by atoms with Crippen LogP contribution >= 0.6 is 0 Å². The van der Waals surface area contributed by atoms with Gasteiger partial charge in [0, 0.05) is 58.2 Å². The minimum absolute atomic E-state index is 0.300. The molecule has 0 saturated carbocycles. The van der Waals surface area contributed by atoms with Crippen LogP contribution in [0.25, 0.3) is 0 Å². The van der Waals surface area contributed by atoms with E-state index in [0.29, 0.717) is 18.2 Å². The molecular weight excluding hydrogens is 395 g/mol. The molecule has 1 saturated heterocycles. The third kappa shape index (κ3) is 5.48. The van der Waals surface area contributed by atoms with Crippen LogP contribution in [0.1, 0.15) is 5.56 Å². The van der Waals surface area contributed by atoms with Gasteiger partial charge in [-0.3, -0.25) is 4.99 Å². The fraction of sp³-hybridized carbons (Fsp3) is 0.261. The van der Waals surface area contributed by atoms with Crippen LogP contribution in [-0.2, 0) is 6.54 Å². The summed E-state index contributed by atoms with van der Waals surface area (Å²) in [6, 6.07) is 15.6. The molecule has 1 aromatic carbocycles. The molecule has 0 radical (unpaired) electrons. The number of hydrogen-bond acceptors (Lipinski definition) is 5. The summed E-state index contributed by atoms with van der Waals surface area (Å²) in [5.74, 6) is 2.57. The number of rotatable bonds is 5. The Kier molecular flexibility index (Phi) is 6.56. The van der Waals surface area contributed by atoms with Crippen molar-refractivity contribution >= 4 is 11.8 Å². The zero-order valence-corrected chi connectivity index (χ0v) is 17.4. The number of guanidine groups is 1. The number of halogens is 1. The first-order valence-electron chi connectivity index (χ1n) is 10.2. The van der Waals surface area contributed by atoms with E-state index in [-0.39, 0.29) is 5.82 Å². The maximum Gasteiger partial charge on any atom is 0.219 e. The van der Waals surface area contributed by atoms with Gasteiger partial charge in [0.15, 0.2) is 5.96 Å². The van der Waals surface area contributed by atoms with Gasteiger partial charge in [0.05, 0.1) is 0 Å². The zero-order chi connectivity index (χ0) is 21.5. The molecule has 2 aromatic heterocycles. The summed E-state index contributed by atoms with van der Waals surface area (Å²) >= 11 is 0. The van der Waals surface area contributed by atoms with Crippen molar-refractivity contribution in [3.63, 3.8) is 0 Å². The molecule has 4 rings (SSSR count). The van der Waals surface area contributed by atoms with Crippen LogP contribution in [0.15, 0.2) is 72.0 Å². The number of nitrogens with one attached hydrogen (secondary N) is 1. The van der Waals surface area contributed by atoms with Crippen molar-refractivity contribution in [2.45, 2.75) is 6.54 Å². The number of ether oxygens (including phenoxy) is 1. The van der Waals surface area contributed by atoms with Crippen molar-refractivity contribution in [3.05, 3.63) is 78.4 Å². The molecule has 1 aliphatic heterocycles. The molecule has 1 aliphatic rings. The Morgan fingerprint density at radius 2 is 1.84 bits per heavy atom. The number of aliphatic imine (C=N–C) groups is 1. The standard InChI is InChI=1S/C23H25FN6O/c1-25-23(30-14-12-29(13-15-30)21-4-2-3-10-26-21)28-17-18-9-11-27-22(16-18)31-20-7-5-19(24)6-8-20/h2-11,16H,12-15,17H2,1H3,(H,25,28). The molecular formula is C23H25FN6O. The van der Waals surface area contributed by atoms with E-state index in [9.17, 15) is 4.39 Å². The third-order valence-electron chi connectivity index (χ3n) is 5.05. The van der Waals surface area contributed by atoms with Crippen LogP contribution in [0.2, 0.25) is 0 Å². The molecule has 1 N–H and O–H groups in total. The predicted molar refractivity (Wildman–Crippen MR) is 119 cm³/mol. The predicted octanol–water partition coefficient (Wildman–Crippen LogP) is 3.31. The second kappa shape index (κ2) is 9.88. The molecule has 0 aliphatic carbocycles. The largest absolute Gasteiger partial charge is 0.439 e. The Hall–Kier alpha value is -3.68. The molecule has 3 aromatic rings. The summed E-state index contributed by atoms with van der Waals surface area (Å²) in [5.41, 5.74) is 1.01. The highest BCUT2D eigenvalue weighted by Gasteiger charge is 2.20. The highest BCUT2D eigenvalue weighted by Crippen LogP contribution is 2.20. The minimum atomic E-state index is -0.300. The quantitative estimate of drug-likeness (QED) is 0.505. The molecule has 7 nitrogen and oxygen atoms in total. The van der Waals surface area contributed by atoms with Gasteiger partial charge in [-0.15, -0.1) is 0 Å². The van der Waals surface area contributed by atoms with E-state index < -0.39 is 0 Å². The van der Waals surface area contributed by atoms with E-state index in [1.54, 1.807) is 25.4 Å². The lowest BCUT2D eigenvalue weighted by Gasteiger charge is -2.37. The average molecular weight is 420 g/mol. The molecule has 1 fully saturated rings. The fourth-order valence-corrected chi connectivity index (χ4v) is 3.44. The SMILES string of the molecule is CN=C(NCc1ccnc(Oc2ccc(F)cc2)c1)N1CCN(c2ccccn2)CC1. The van der Waals surface area contributed by atoms with Gasteiger partial charge in [-0.2, -0.15) is 0 Å². The summed E-state index contributed by atoms with van der Waals surface area (Å²) in [6.45, 7) is 4.11. The van der Waals surface area contributed by atoms with Gasteiger partial charge in [0.2, 0.25) is 5.88 Å². The molecule has 0 atom stereocenters. The summed E-state index contributed by atoms with van der Waals surface area (Å²) in [5, 5.41) is 3.42. The molecule has 0 bridgehead atoms. The lowest BCUT2D eigenvalue weighted by molar-refractivity contribution is 0.371. The van der Waals surface area contributed by atoms with Crippen LogP contribution in [0, 0.1) is 5.82 Å². The Balaban J connectivity index is 1.31. The molecule has 0 spiro atoms. The third-order valence-corrected chi connectivity index (χ3v) is 5.05. The summed E-state index contributed by atoms with van der Waals surface area (Å²) in [7, 11) is 1.79. The highest BCUT2D eigenvalue weighted by molar-refractivity contribution is 5.80. The van der Waals surface area contributed by atoms with Gasteiger partial charge < -0.3 is 19.9 Å². The van der Waals surface area contributed by atoms with Crippen LogP contribution in [0.5, 0.6) is 11.6 Å². The van der Waals surface area contributed by atoms with Crippen molar-refractivity contribution in [1.82, 2.24) is 20.2 Å². The number of pyridine rings is 2. The highest BCUT2D eigenvalue weighted by atomic mass is 19.1. The number of benzene rings is 1. The first kappa shape index (κ1) is 20.6. The van der Waals surface area contributed by atoms with Crippen molar-refractivity contribution in [1.29, 1.82) is 0 Å². The van der Waals surface area contributed by atoms with Crippen molar-refractivity contribution < 1.29 is 9.13 Å². The van der Waals surface area contributed by atoms with Gasteiger partial charge in [-0.1, -0.05) is 6.07 Å². The lowest BCUT2D eigenvalue weighted by atomic mass is 10.2. The van der Waals surface area contributed by atoms with E-state index >= 15 is 0 Å². The molecule has 160 valence electrons. The Labute approximate surface area is 181 Å². The van der Waals surface area contributed by atoms with Gasteiger partial charge in [-0.05, 0) is 48.0 Å². The van der Waals surface area contributed by atoms with E-state index in [1.165, 1.54) is 12.1 Å². The van der Waals surface area contributed by atoms with E-state index in [2.05, 4.69) is 30.1 Å². The van der Waals surface area contributed by atoms with Crippen LogP contribution in [-0.4, -0.2) is 54.1 Å². The van der Waals surface area contributed by atoms with Crippen LogP contribution in [0.3, 0.4) is 0 Å². The molecule has 3 heterocycles. The van der Waals surface area contributed by atoms with E-state index in [1.807, 2.05) is 36.5 Å². The number of piperazine rings is 1. The Bertz CT molecular complexity index is 1000. The van der Waals surface area contributed by atoms with Gasteiger partial charge in [0.25, 0.3) is 0 Å². The number of aromatic nitrogens is 2. The van der Waals surface area contributed by atoms with Crippen LogP contribution < -0.4 is 15.0 Å². The lowest BCUT2D eigenvalue weighted by Crippen LogP contribution is -2.52. The Morgan fingerprint density at radius 3 is 2.55 bits per heavy atom. The minimum Gasteiger partial charge on any atom is -0.439 e. The first-order chi connectivity index (χ1) is 15.2. The molecule has 31 heavy (non-hydrogen) atoms. The number of anilines is 1. The van der Waals surface area contributed by atoms with Gasteiger partial charge >= 0.3 is 0 Å². The molecule has 8 heteroatoms. The van der Waals surface area contributed by atoms with Gasteiger partial charge in [-0.25, -0.2) is 14.4 Å². The second-order valence-electron chi connectivity index (χ2n) is 7.12. The summed E-state index contributed by atoms with van der Waals surface area (Å²) in [6.07, 6.45) is 3.52.